The summed E-state index contributed by atoms with van der Waals surface area (Å²) >= 11 is 0. The lowest BCUT2D eigenvalue weighted by Gasteiger charge is -2.09. The van der Waals surface area contributed by atoms with Gasteiger partial charge in [-0.1, -0.05) is 19.9 Å². The maximum atomic E-state index is 11.3. The van der Waals surface area contributed by atoms with Crippen LogP contribution in [-0.4, -0.2) is 17.9 Å². The Bertz CT molecular complexity index is 345. The molecule has 0 saturated carbocycles. The number of carbonyl (C=O) groups is 1. The maximum absolute atomic E-state index is 11.3. The minimum Gasteiger partial charge on any atom is -0.354 e. The predicted molar refractivity (Wildman–Crippen MR) is 56.5 cm³/mol. The number of pyridine rings is 1. The van der Waals surface area contributed by atoms with E-state index < -0.39 is 0 Å². The number of hydrogen-bond acceptors (Lipinski definition) is 2. The van der Waals surface area contributed by atoms with Gasteiger partial charge in [0.15, 0.2) is 0 Å². The summed E-state index contributed by atoms with van der Waals surface area (Å²) in [7, 11) is 1.61. The molecule has 1 aromatic heterocycles. The SMILES string of the molecule is CNC(=O)c1ccc(C(C)C)c(C)n1. The predicted octanol–water partition coefficient (Wildman–Crippen LogP) is 1.87. The van der Waals surface area contributed by atoms with Crippen molar-refractivity contribution >= 4 is 5.91 Å². The standard InChI is InChI=1S/C11H16N2O/c1-7(2)9-5-6-10(11(14)12-4)13-8(9)3/h5-7H,1-4H3,(H,12,14). The summed E-state index contributed by atoms with van der Waals surface area (Å²) in [6, 6.07) is 3.73. The van der Waals surface area contributed by atoms with Gasteiger partial charge in [-0.2, -0.15) is 0 Å². The fourth-order valence-corrected chi connectivity index (χ4v) is 1.44. The summed E-state index contributed by atoms with van der Waals surface area (Å²) in [6.07, 6.45) is 0. The van der Waals surface area contributed by atoms with E-state index in [-0.39, 0.29) is 5.91 Å². The van der Waals surface area contributed by atoms with E-state index in [0.717, 1.165) is 5.69 Å². The third-order valence-electron chi connectivity index (χ3n) is 2.21. The third kappa shape index (κ3) is 2.10. The van der Waals surface area contributed by atoms with Crippen LogP contribution in [0.15, 0.2) is 12.1 Å². The lowest BCUT2D eigenvalue weighted by atomic mass is 10.0. The summed E-state index contributed by atoms with van der Waals surface area (Å²) in [6.45, 7) is 6.16. The van der Waals surface area contributed by atoms with E-state index in [9.17, 15) is 4.79 Å². The lowest BCUT2D eigenvalue weighted by Crippen LogP contribution is -2.19. The monoisotopic (exact) mass is 192 g/mol. The number of aromatic nitrogens is 1. The highest BCUT2D eigenvalue weighted by Gasteiger charge is 2.09. The van der Waals surface area contributed by atoms with Gasteiger partial charge in [0.2, 0.25) is 0 Å². The van der Waals surface area contributed by atoms with Crippen LogP contribution in [0.4, 0.5) is 0 Å². The van der Waals surface area contributed by atoms with Crippen molar-refractivity contribution in [3.8, 4) is 0 Å². The zero-order valence-electron chi connectivity index (χ0n) is 9.09. The molecule has 1 rings (SSSR count). The van der Waals surface area contributed by atoms with Gasteiger partial charge in [-0.25, -0.2) is 4.98 Å². The van der Waals surface area contributed by atoms with Crippen molar-refractivity contribution in [2.45, 2.75) is 26.7 Å². The Morgan fingerprint density at radius 1 is 1.43 bits per heavy atom. The normalized spacial score (nSPS) is 10.4. The van der Waals surface area contributed by atoms with Crippen LogP contribution < -0.4 is 5.32 Å². The van der Waals surface area contributed by atoms with E-state index in [1.54, 1.807) is 13.1 Å². The number of rotatable bonds is 2. The van der Waals surface area contributed by atoms with Crippen molar-refractivity contribution in [2.24, 2.45) is 0 Å². The van der Waals surface area contributed by atoms with E-state index in [2.05, 4.69) is 24.1 Å². The fraction of sp³-hybridized carbons (Fsp3) is 0.455. The van der Waals surface area contributed by atoms with Gasteiger partial charge < -0.3 is 5.32 Å². The molecule has 0 unspecified atom stereocenters. The summed E-state index contributed by atoms with van der Waals surface area (Å²) < 4.78 is 0. The van der Waals surface area contributed by atoms with E-state index in [0.29, 0.717) is 11.6 Å². The second-order valence-corrected chi connectivity index (χ2v) is 3.60. The average molecular weight is 192 g/mol. The largest absolute Gasteiger partial charge is 0.354 e. The fourth-order valence-electron chi connectivity index (χ4n) is 1.44. The molecule has 0 bridgehead atoms. The van der Waals surface area contributed by atoms with Crippen LogP contribution in [0, 0.1) is 6.92 Å². The van der Waals surface area contributed by atoms with Gasteiger partial charge in [0.25, 0.3) is 5.91 Å². The quantitative estimate of drug-likeness (QED) is 0.777. The zero-order valence-corrected chi connectivity index (χ0v) is 9.09. The van der Waals surface area contributed by atoms with Crippen LogP contribution >= 0.6 is 0 Å². The molecular formula is C11H16N2O. The Hall–Kier alpha value is -1.38. The van der Waals surface area contributed by atoms with Gasteiger partial charge in [-0.3, -0.25) is 4.79 Å². The number of amides is 1. The summed E-state index contributed by atoms with van der Waals surface area (Å²) in [5, 5.41) is 2.56. The maximum Gasteiger partial charge on any atom is 0.269 e. The summed E-state index contributed by atoms with van der Waals surface area (Å²) in [5.41, 5.74) is 2.60. The van der Waals surface area contributed by atoms with Crippen molar-refractivity contribution < 1.29 is 4.79 Å². The van der Waals surface area contributed by atoms with Crippen LogP contribution in [0.1, 0.15) is 41.5 Å². The van der Waals surface area contributed by atoms with Crippen molar-refractivity contribution in [3.05, 3.63) is 29.1 Å². The number of nitrogens with one attached hydrogen (secondary N) is 1. The second kappa shape index (κ2) is 4.22. The van der Waals surface area contributed by atoms with Crippen LogP contribution in [0.25, 0.3) is 0 Å². The first-order chi connectivity index (χ1) is 6.56. The van der Waals surface area contributed by atoms with Gasteiger partial charge >= 0.3 is 0 Å². The molecule has 1 aromatic rings. The van der Waals surface area contributed by atoms with Crippen LogP contribution in [0.2, 0.25) is 0 Å². The first kappa shape index (κ1) is 10.7. The molecule has 0 aromatic carbocycles. The Balaban J connectivity index is 3.06. The van der Waals surface area contributed by atoms with Crippen LogP contribution in [0.3, 0.4) is 0 Å². The summed E-state index contributed by atoms with van der Waals surface area (Å²) in [5.74, 6) is 0.310. The van der Waals surface area contributed by atoms with Crippen LogP contribution in [-0.2, 0) is 0 Å². The topological polar surface area (TPSA) is 42.0 Å². The summed E-state index contributed by atoms with van der Waals surface area (Å²) in [4.78, 5) is 15.5. The number of nitrogens with zero attached hydrogens (tertiary/aromatic N) is 1. The van der Waals surface area contributed by atoms with Gasteiger partial charge in [0.05, 0.1) is 0 Å². The van der Waals surface area contributed by atoms with Crippen molar-refractivity contribution in [1.82, 2.24) is 10.3 Å². The highest BCUT2D eigenvalue weighted by molar-refractivity contribution is 5.92. The number of hydrogen-bond donors (Lipinski definition) is 1. The minimum atomic E-state index is -0.136. The highest BCUT2D eigenvalue weighted by Crippen LogP contribution is 2.17. The van der Waals surface area contributed by atoms with Gasteiger partial charge in [-0.15, -0.1) is 0 Å². The Labute approximate surface area is 84.6 Å². The van der Waals surface area contributed by atoms with E-state index in [1.165, 1.54) is 5.56 Å². The molecule has 14 heavy (non-hydrogen) atoms. The molecule has 76 valence electrons. The Morgan fingerprint density at radius 3 is 2.50 bits per heavy atom. The molecule has 0 saturated heterocycles. The molecule has 0 atom stereocenters. The molecular weight excluding hydrogens is 176 g/mol. The zero-order chi connectivity index (χ0) is 10.7. The molecule has 1 amide bonds. The van der Waals surface area contributed by atoms with Gasteiger partial charge in [0, 0.05) is 12.7 Å². The van der Waals surface area contributed by atoms with Crippen molar-refractivity contribution in [3.63, 3.8) is 0 Å². The molecule has 1 heterocycles. The first-order valence-corrected chi connectivity index (χ1v) is 4.76. The number of aryl methyl sites for hydroxylation is 1. The number of carbonyl (C=O) groups excluding carboxylic acids is 1. The molecule has 0 radical (unpaired) electrons. The molecule has 0 fully saturated rings. The minimum absolute atomic E-state index is 0.136. The van der Waals surface area contributed by atoms with E-state index >= 15 is 0 Å². The molecule has 0 spiro atoms. The lowest BCUT2D eigenvalue weighted by molar-refractivity contribution is 0.0958. The molecule has 3 nitrogen and oxygen atoms in total. The second-order valence-electron chi connectivity index (χ2n) is 3.60. The van der Waals surface area contributed by atoms with Crippen molar-refractivity contribution in [2.75, 3.05) is 7.05 Å². The smallest absolute Gasteiger partial charge is 0.269 e. The molecule has 0 aliphatic heterocycles. The van der Waals surface area contributed by atoms with Gasteiger partial charge in [0.1, 0.15) is 5.69 Å². The average Bonchev–Trinajstić information content (AvgIpc) is 2.15. The van der Waals surface area contributed by atoms with Crippen molar-refractivity contribution in [1.29, 1.82) is 0 Å². The van der Waals surface area contributed by atoms with Crippen LogP contribution in [0.5, 0.6) is 0 Å². The Morgan fingerprint density at radius 2 is 2.07 bits per heavy atom. The molecule has 3 heteroatoms. The van der Waals surface area contributed by atoms with Gasteiger partial charge in [-0.05, 0) is 24.5 Å². The highest BCUT2D eigenvalue weighted by atomic mass is 16.1. The third-order valence-corrected chi connectivity index (χ3v) is 2.21. The molecule has 1 N–H and O–H groups in total. The molecule has 0 aliphatic carbocycles. The molecule has 0 aliphatic rings. The van der Waals surface area contributed by atoms with E-state index in [1.807, 2.05) is 13.0 Å². The first-order valence-electron chi connectivity index (χ1n) is 4.76. The van der Waals surface area contributed by atoms with E-state index in [4.69, 9.17) is 0 Å². The Kier molecular flexibility index (Phi) is 3.23.